The quantitative estimate of drug-likeness (QED) is 0.774. The van der Waals surface area contributed by atoms with E-state index in [1.165, 1.54) is 6.42 Å². The van der Waals surface area contributed by atoms with Gasteiger partial charge in [-0.05, 0) is 80.3 Å². The van der Waals surface area contributed by atoms with Crippen molar-refractivity contribution in [1.82, 2.24) is 4.90 Å². The van der Waals surface area contributed by atoms with Gasteiger partial charge in [0, 0.05) is 28.5 Å². The summed E-state index contributed by atoms with van der Waals surface area (Å²) in [7, 11) is 0. The van der Waals surface area contributed by atoms with E-state index in [0.29, 0.717) is 28.7 Å². The lowest BCUT2D eigenvalue weighted by Gasteiger charge is -2.30. The first-order chi connectivity index (χ1) is 13.4. The minimum Gasteiger partial charge on any atom is -0.325 e. The molecule has 2 aromatic carbocycles. The molecule has 1 aliphatic rings. The van der Waals surface area contributed by atoms with Gasteiger partial charge in [0.15, 0.2) is 0 Å². The molecule has 0 bridgehead atoms. The van der Waals surface area contributed by atoms with Crippen molar-refractivity contribution >= 4 is 34.8 Å². The van der Waals surface area contributed by atoms with Crippen molar-refractivity contribution in [2.75, 3.05) is 30.3 Å². The Morgan fingerprint density at radius 1 is 1.14 bits per heavy atom. The van der Waals surface area contributed by atoms with E-state index < -0.39 is 0 Å². The van der Waals surface area contributed by atoms with Gasteiger partial charge in [0.1, 0.15) is 0 Å². The van der Waals surface area contributed by atoms with Crippen molar-refractivity contribution in [3.8, 4) is 0 Å². The molecule has 0 aliphatic carbocycles. The summed E-state index contributed by atoms with van der Waals surface area (Å²) in [5, 5.41) is 6.44. The number of halogens is 1. The molecule has 2 N–H and O–H groups in total. The Balaban J connectivity index is 1.58. The van der Waals surface area contributed by atoms with Crippen LogP contribution in [0.3, 0.4) is 0 Å². The molecule has 1 atom stereocenters. The highest BCUT2D eigenvalue weighted by Crippen LogP contribution is 2.21. The topological polar surface area (TPSA) is 61.4 Å². The number of hydrogen-bond donors (Lipinski definition) is 2. The standard InChI is InChI=1S/C22H26ClN3O2/c1-15-4-3-11-26(13-15)14-21(27)25-20-10-9-19(12-16(20)2)24-22(28)17-5-7-18(23)8-6-17/h5-10,12,15H,3-4,11,13-14H2,1-2H3,(H,24,28)(H,25,27)/t15-/m0/s1. The first-order valence-corrected chi connectivity index (χ1v) is 9.98. The molecule has 0 radical (unpaired) electrons. The second kappa shape index (κ2) is 9.22. The van der Waals surface area contributed by atoms with Gasteiger partial charge in [-0.2, -0.15) is 0 Å². The molecule has 28 heavy (non-hydrogen) atoms. The maximum Gasteiger partial charge on any atom is 0.255 e. The molecule has 1 heterocycles. The van der Waals surface area contributed by atoms with Crippen molar-refractivity contribution in [3.05, 3.63) is 58.6 Å². The minimum absolute atomic E-state index is 0.00449. The molecule has 1 fully saturated rings. The van der Waals surface area contributed by atoms with Crippen LogP contribution in [-0.2, 0) is 4.79 Å². The summed E-state index contributed by atoms with van der Waals surface area (Å²) >= 11 is 5.86. The molecule has 0 spiro atoms. The molecule has 3 rings (SSSR count). The fraction of sp³-hybridized carbons (Fsp3) is 0.364. The fourth-order valence-electron chi connectivity index (χ4n) is 3.51. The smallest absolute Gasteiger partial charge is 0.255 e. The lowest BCUT2D eigenvalue weighted by molar-refractivity contribution is -0.117. The van der Waals surface area contributed by atoms with Crippen LogP contribution in [0.1, 0.15) is 35.7 Å². The van der Waals surface area contributed by atoms with E-state index in [2.05, 4.69) is 22.5 Å². The maximum atomic E-state index is 12.4. The zero-order valence-electron chi connectivity index (χ0n) is 16.3. The van der Waals surface area contributed by atoms with Gasteiger partial charge in [0.25, 0.3) is 5.91 Å². The molecule has 0 aromatic heterocycles. The van der Waals surface area contributed by atoms with E-state index in [0.717, 1.165) is 30.8 Å². The van der Waals surface area contributed by atoms with Crippen LogP contribution in [0.4, 0.5) is 11.4 Å². The largest absolute Gasteiger partial charge is 0.325 e. The molecule has 0 unspecified atom stereocenters. The van der Waals surface area contributed by atoms with Gasteiger partial charge in [0.2, 0.25) is 5.91 Å². The van der Waals surface area contributed by atoms with E-state index in [9.17, 15) is 9.59 Å². The summed E-state index contributed by atoms with van der Waals surface area (Å²) in [6.07, 6.45) is 2.38. The second-order valence-electron chi connectivity index (χ2n) is 7.52. The van der Waals surface area contributed by atoms with E-state index in [4.69, 9.17) is 11.6 Å². The number of likely N-dealkylation sites (tertiary alicyclic amines) is 1. The number of amides is 2. The third kappa shape index (κ3) is 5.57. The Labute approximate surface area is 171 Å². The van der Waals surface area contributed by atoms with Crippen molar-refractivity contribution in [2.45, 2.75) is 26.7 Å². The van der Waals surface area contributed by atoms with E-state index in [1.807, 2.05) is 19.1 Å². The van der Waals surface area contributed by atoms with Crippen molar-refractivity contribution in [1.29, 1.82) is 0 Å². The Morgan fingerprint density at radius 3 is 2.57 bits per heavy atom. The highest BCUT2D eigenvalue weighted by atomic mass is 35.5. The number of carbonyl (C=O) groups is 2. The summed E-state index contributed by atoms with van der Waals surface area (Å²) in [6.45, 7) is 6.51. The number of benzene rings is 2. The summed E-state index contributed by atoms with van der Waals surface area (Å²) in [5.41, 5.74) is 2.88. The first-order valence-electron chi connectivity index (χ1n) is 9.60. The monoisotopic (exact) mass is 399 g/mol. The average molecular weight is 400 g/mol. The SMILES string of the molecule is Cc1cc(NC(=O)c2ccc(Cl)cc2)ccc1NC(=O)CN1CCC[C@H](C)C1. The van der Waals surface area contributed by atoms with Crippen LogP contribution in [0.5, 0.6) is 0 Å². The highest BCUT2D eigenvalue weighted by Gasteiger charge is 2.18. The number of hydrogen-bond acceptors (Lipinski definition) is 3. The average Bonchev–Trinajstić information content (AvgIpc) is 2.64. The Hall–Kier alpha value is -2.37. The predicted octanol–water partition coefficient (Wildman–Crippen LogP) is 4.57. The van der Waals surface area contributed by atoms with Gasteiger partial charge in [-0.15, -0.1) is 0 Å². The molecular weight excluding hydrogens is 374 g/mol. The summed E-state index contributed by atoms with van der Waals surface area (Å²) in [5.74, 6) is 0.439. The molecule has 6 heteroatoms. The predicted molar refractivity (Wildman–Crippen MR) is 114 cm³/mol. The number of aryl methyl sites for hydroxylation is 1. The summed E-state index contributed by atoms with van der Waals surface area (Å²) in [4.78, 5) is 26.9. The Kier molecular flexibility index (Phi) is 6.70. The molecule has 1 aliphatic heterocycles. The van der Waals surface area contributed by atoms with Crippen LogP contribution < -0.4 is 10.6 Å². The number of anilines is 2. The van der Waals surface area contributed by atoms with Gasteiger partial charge in [-0.1, -0.05) is 18.5 Å². The molecule has 0 saturated carbocycles. The third-order valence-electron chi connectivity index (χ3n) is 4.97. The number of carbonyl (C=O) groups excluding carboxylic acids is 2. The van der Waals surface area contributed by atoms with Crippen LogP contribution in [-0.4, -0.2) is 36.3 Å². The lowest BCUT2D eigenvalue weighted by Crippen LogP contribution is -2.39. The number of rotatable bonds is 5. The summed E-state index contributed by atoms with van der Waals surface area (Å²) in [6, 6.07) is 12.2. The fourth-order valence-corrected chi connectivity index (χ4v) is 3.64. The van der Waals surface area contributed by atoms with Gasteiger partial charge in [0.05, 0.1) is 6.54 Å². The van der Waals surface area contributed by atoms with Crippen molar-refractivity contribution in [3.63, 3.8) is 0 Å². The van der Waals surface area contributed by atoms with Gasteiger partial charge < -0.3 is 10.6 Å². The minimum atomic E-state index is -0.202. The van der Waals surface area contributed by atoms with E-state index in [-0.39, 0.29) is 11.8 Å². The number of piperidine rings is 1. The van der Waals surface area contributed by atoms with E-state index in [1.54, 1.807) is 30.3 Å². The normalized spacial score (nSPS) is 17.2. The van der Waals surface area contributed by atoms with Gasteiger partial charge >= 0.3 is 0 Å². The van der Waals surface area contributed by atoms with Crippen LogP contribution in [0.25, 0.3) is 0 Å². The molecule has 2 amide bonds. The number of nitrogens with one attached hydrogen (secondary N) is 2. The molecule has 2 aromatic rings. The van der Waals surface area contributed by atoms with Crippen molar-refractivity contribution in [2.24, 2.45) is 5.92 Å². The van der Waals surface area contributed by atoms with Crippen LogP contribution >= 0.6 is 11.6 Å². The van der Waals surface area contributed by atoms with E-state index >= 15 is 0 Å². The highest BCUT2D eigenvalue weighted by molar-refractivity contribution is 6.30. The second-order valence-corrected chi connectivity index (χ2v) is 7.96. The molecule has 5 nitrogen and oxygen atoms in total. The zero-order chi connectivity index (χ0) is 20.1. The summed E-state index contributed by atoms with van der Waals surface area (Å²) < 4.78 is 0. The van der Waals surface area contributed by atoms with Gasteiger partial charge in [-0.25, -0.2) is 0 Å². The Bertz CT molecular complexity index is 851. The van der Waals surface area contributed by atoms with Crippen molar-refractivity contribution < 1.29 is 9.59 Å². The van der Waals surface area contributed by atoms with Crippen LogP contribution in [0.2, 0.25) is 5.02 Å². The van der Waals surface area contributed by atoms with Crippen LogP contribution in [0, 0.1) is 12.8 Å². The Morgan fingerprint density at radius 2 is 1.89 bits per heavy atom. The zero-order valence-corrected chi connectivity index (χ0v) is 17.1. The third-order valence-corrected chi connectivity index (χ3v) is 5.23. The number of nitrogens with zero attached hydrogens (tertiary/aromatic N) is 1. The lowest BCUT2D eigenvalue weighted by atomic mass is 10.0. The maximum absolute atomic E-state index is 12.4. The van der Waals surface area contributed by atoms with Crippen LogP contribution in [0.15, 0.2) is 42.5 Å². The molecule has 1 saturated heterocycles. The first kappa shape index (κ1) is 20.4. The molecule has 148 valence electrons. The van der Waals surface area contributed by atoms with Gasteiger partial charge in [-0.3, -0.25) is 14.5 Å². The molecular formula is C22H26ClN3O2.